The van der Waals surface area contributed by atoms with Crippen LogP contribution < -0.4 is 5.32 Å². The second-order valence-corrected chi connectivity index (χ2v) is 6.46. The molecule has 0 spiro atoms. The third-order valence-corrected chi connectivity index (χ3v) is 3.14. The number of carboxylic acid groups (broad SMARTS) is 1. The fourth-order valence-electron chi connectivity index (χ4n) is 1.27. The van der Waals surface area contributed by atoms with E-state index < -0.39 is 23.7 Å². The van der Waals surface area contributed by atoms with Gasteiger partial charge in [-0.1, -0.05) is 11.6 Å². The molecule has 1 aromatic heterocycles. The number of nitrogens with one attached hydrogen (secondary N) is 1. The van der Waals surface area contributed by atoms with Crippen molar-refractivity contribution in [3.05, 3.63) is 15.5 Å². The fraction of sp³-hybridized carbons (Fsp3) is 0.545. The van der Waals surface area contributed by atoms with Gasteiger partial charge in [0, 0.05) is 11.1 Å². The van der Waals surface area contributed by atoms with Gasteiger partial charge in [0.2, 0.25) is 0 Å². The fourth-order valence-corrected chi connectivity index (χ4v) is 2.28. The van der Waals surface area contributed by atoms with Crippen molar-refractivity contribution in [2.45, 2.75) is 38.8 Å². The molecule has 1 heterocycles. The first-order valence-corrected chi connectivity index (χ1v) is 6.69. The topological polar surface area (TPSA) is 88.5 Å². The minimum Gasteiger partial charge on any atom is -0.481 e. The van der Waals surface area contributed by atoms with Gasteiger partial charge in [0.25, 0.3) is 0 Å². The number of carbonyl (C=O) groups excluding carboxylic acids is 1. The zero-order chi connectivity index (χ0) is 14.6. The van der Waals surface area contributed by atoms with Gasteiger partial charge in [0.05, 0.1) is 12.5 Å². The molecule has 0 aromatic carbocycles. The summed E-state index contributed by atoms with van der Waals surface area (Å²) in [6.07, 6.45) is 0.499. The minimum atomic E-state index is -1.04. The number of aromatic nitrogens is 1. The summed E-state index contributed by atoms with van der Waals surface area (Å²) in [6.45, 7) is 5.17. The van der Waals surface area contributed by atoms with Gasteiger partial charge in [-0.2, -0.15) is 0 Å². The molecule has 1 amide bonds. The molecule has 0 aliphatic heterocycles. The first-order valence-electron chi connectivity index (χ1n) is 5.50. The predicted molar refractivity (Wildman–Crippen MR) is 71.5 cm³/mol. The molecule has 0 radical (unpaired) electrons. The van der Waals surface area contributed by atoms with Crippen LogP contribution in [0, 0.1) is 0 Å². The van der Waals surface area contributed by atoms with Gasteiger partial charge < -0.3 is 15.2 Å². The second kappa shape index (κ2) is 6.21. The van der Waals surface area contributed by atoms with Crippen molar-refractivity contribution in [1.29, 1.82) is 0 Å². The van der Waals surface area contributed by atoms with E-state index in [1.807, 2.05) is 0 Å². The average Bonchev–Trinajstić information content (AvgIpc) is 2.60. The van der Waals surface area contributed by atoms with Crippen molar-refractivity contribution in [1.82, 2.24) is 10.3 Å². The van der Waals surface area contributed by atoms with Crippen LogP contribution >= 0.6 is 22.9 Å². The summed E-state index contributed by atoms with van der Waals surface area (Å²) in [4.78, 5) is 26.9. The number of halogens is 1. The molecule has 0 fully saturated rings. The van der Waals surface area contributed by atoms with E-state index in [0.29, 0.717) is 4.88 Å². The normalized spacial score (nSPS) is 12.8. The quantitative estimate of drug-likeness (QED) is 0.893. The summed E-state index contributed by atoms with van der Waals surface area (Å²) in [5.41, 5.74) is -0.650. The Hall–Kier alpha value is -1.34. The number of carbonyl (C=O) groups is 2. The molecule has 1 atom stereocenters. The Labute approximate surface area is 119 Å². The predicted octanol–water partition coefficient (Wildman–Crippen LogP) is 2.84. The summed E-state index contributed by atoms with van der Waals surface area (Å²) in [5.74, 6) is -1.04. The second-order valence-electron chi connectivity index (χ2n) is 4.81. The maximum Gasteiger partial charge on any atom is 0.408 e. The third-order valence-electron chi connectivity index (χ3n) is 1.91. The molecule has 6 nitrogen and oxygen atoms in total. The van der Waals surface area contributed by atoms with E-state index in [0.717, 1.165) is 11.3 Å². The van der Waals surface area contributed by atoms with E-state index in [2.05, 4.69) is 10.3 Å². The number of thiazole rings is 1. The maximum atomic E-state index is 11.7. The lowest BCUT2D eigenvalue weighted by atomic mass is 10.2. The van der Waals surface area contributed by atoms with Crippen LogP contribution in [0.3, 0.4) is 0 Å². The molecule has 8 heteroatoms. The number of hydrogen-bond acceptors (Lipinski definition) is 5. The van der Waals surface area contributed by atoms with Crippen molar-refractivity contribution in [3.8, 4) is 0 Å². The smallest absolute Gasteiger partial charge is 0.408 e. The number of alkyl carbamates (subject to hydrolysis) is 1. The number of aliphatic carboxylic acids is 1. The molecule has 106 valence electrons. The molecule has 2 N–H and O–H groups in total. The van der Waals surface area contributed by atoms with Crippen molar-refractivity contribution in [2.75, 3.05) is 0 Å². The Balaban J connectivity index is 2.76. The van der Waals surface area contributed by atoms with Gasteiger partial charge in [-0.25, -0.2) is 9.78 Å². The Morgan fingerprint density at radius 3 is 2.63 bits per heavy atom. The summed E-state index contributed by atoms with van der Waals surface area (Å²) >= 11 is 6.82. The molecule has 19 heavy (non-hydrogen) atoms. The van der Waals surface area contributed by atoms with E-state index in [-0.39, 0.29) is 10.9 Å². The zero-order valence-corrected chi connectivity index (χ0v) is 12.3. The summed E-state index contributed by atoms with van der Waals surface area (Å²) in [5, 5.41) is 11.4. The van der Waals surface area contributed by atoms with Crippen LogP contribution in [-0.4, -0.2) is 27.8 Å². The molecule has 0 saturated carbocycles. The van der Waals surface area contributed by atoms with Gasteiger partial charge in [-0.05, 0) is 20.8 Å². The van der Waals surface area contributed by atoms with Gasteiger partial charge in [0.15, 0.2) is 4.47 Å². The standard InChI is InChI=1S/C11H15ClN2O4S/c1-11(2,3)18-10(17)14-6(4-8(15)16)7-5-13-9(12)19-7/h5-6H,4H2,1-3H3,(H,14,17)(H,15,16)/t6-/m1/s1. The van der Waals surface area contributed by atoms with Gasteiger partial charge in [0.1, 0.15) is 5.60 Å². The molecular formula is C11H15ClN2O4S. The highest BCUT2D eigenvalue weighted by molar-refractivity contribution is 7.15. The Kier molecular flexibility index (Phi) is 5.13. The Morgan fingerprint density at radius 1 is 1.58 bits per heavy atom. The highest BCUT2D eigenvalue weighted by Crippen LogP contribution is 2.26. The third kappa shape index (κ3) is 5.89. The summed E-state index contributed by atoms with van der Waals surface area (Å²) in [6, 6.07) is -0.711. The van der Waals surface area contributed by atoms with Crippen molar-refractivity contribution in [2.24, 2.45) is 0 Å². The number of nitrogens with zero attached hydrogens (tertiary/aromatic N) is 1. The van der Waals surface area contributed by atoms with E-state index in [1.54, 1.807) is 20.8 Å². The first kappa shape index (κ1) is 15.7. The number of rotatable bonds is 4. The lowest BCUT2D eigenvalue weighted by Crippen LogP contribution is -2.35. The van der Waals surface area contributed by atoms with Crippen LogP contribution in [-0.2, 0) is 9.53 Å². The highest BCUT2D eigenvalue weighted by atomic mass is 35.5. The lowest BCUT2D eigenvalue weighted by Gasteiger charge is -2.22. The molecule has 0 aliphatic rings. The SMILES string of the molecule is CC(C)(C)OC(=O)N[C@H](CC(=O)O)c1cnc(Cl)s1. The molecule has 0 unspecified atom stereocenters. The number of hydrogen-bond donors (Lipinski definition) is 2. The van der Waals surface area contributed by atoms with Crippen molar-refractivity contribution < 1.29 is 19.4 Å². The van der Waals surface area contributed by atoms with Crippen LogP contribution in [0.2, 0.25) is 4.47 Å². The minimum absolute atomic E-state index is 0.266. The Morgan fingerprint density at radius 2 is 2.21 bits per heavy atom. The Bertz CT molecular complexity index is 470. The van der Waals surface area contributed by atoms with Gasteiger partial charge in [-0.15, -0.1) is 11.3 Å². The molecular weight excluding hydrogens is 292 g/mol. The molecule has 0 bridgehead atoms. The molecule has 1 rings (SSSR count). The first-order chi connectivity index (χ1) is 8.67. The van der Waals surface area contributed by atoms with Crippen molar-refractivity contribution >= 4 is 35.0 Å². The van der Waals surface area contributed by atoms with E-state index >= 15 is 0 Å². The van der Waals surface area contributed by atoms with Gasteiger partial charge >= 0.3 is 12.1 Å². The van der Waals surface area contributed by atoms with Crippen molar-refractivity contribution in [3.63, 3.8) is 0 Å². The summed E-state index contributed by atoms with van der Waals surface area (Å²) in [7, 11) is 0. The van der Waals surface area contributed by atoms with Gasteiger partial charge in [-0.3, -0.25) is 4.79 Å². The van der Waals surface area contributed by atoms with Crippen LogP contribution in [0.4, 0.5) is 4.79 Å². The number of amides is 1. The van der Waals surface area contributed by atoms with Crippen LogP contribution in [0.5, 0.6) is 0 Å². The van der Waals surface area contributed by atoms with Crippen LogP contribution in [0.15, 0.2) is 6.20 Å². The average molecular weight is 307 g/mol. The lowest BCUT2D eigenvalue weighted by molar-refractivity contribution is -0.137. The van der Waals surface area contributed by atoms with Crippen LogP contribution in [0.25, 0.3) is 0 Å². The zero-order valence-electron chi connectivity index (χ0n) is 10.8. The largest absolute Gasteiger partial charge is 0.481 e. The molecule has 0 saturated heterocycles. The van der Waals surface area contributed by atoms with E-state index in [1.165, 1.54) is 6.20 Å². The molecule has 1 aromatic rings. The van der Waals surface area contributed by atoms with E-state index in [4.69, 9.17) is 21.4 Å². The maximum absolute atomic E-state index is 11.7. The summed E-state index contributed by atoms with van der Waals surface area (Å²) < 4.78 is 5.37. The molecule has 0 aliphatic carbocycles. The monoisotopic (exact) mass is 306 g/mol. The van der Waals surface area contributed by atoms with E-state index in [9.17, 15) is 9.59 Å². The highest BCUT2D eigenvalue weighted by Gasteiger charge is 2.23. The van der Waals surface area contributed by atoms with Crippen LogP contribution in [0.1, 0.15) is 38.1 Å². The number of carboxylic acids is 1. The number of ether oxygens (including phenoxy) is 1.